The van der Waals surface area contributed by atoms with Gasteiger partial charge < -0.3 is 14.7 Å². The third-order valence-electron chi connectivity index (χ3n) is 5.24. The van der Waals surface area contributed by atoms with E-state index in [1.165, 1.54) is 6.07 Å². The van der Waals surface area contributed by atoms with Crippen molar-refractivity contribution in [3.8, 4) is 0 Å². The van der Waals surface area contributed by atoms with Crippen LogP contribution in [0.5, 0.6) is 0 Å². The third-order valence-corrected chi connectivity index (χ3v) is 5.24. The van der Waals surface area contributed by atoms with Crippen molar-refractivity contribution < 1.29 is 19.0 Å². The van der Waals surface area contributed by atoms with Gasteiger partial charge >= 0.3 is 6.09 Å². The third kappa shape index (κ3) is 3.66. The summed E-state index contributed by atoms with van der Waals surface area (Å²) in [5.74, 6) is -0.369. The van der Waals surface area contributed by atoms with Crippen molar-refractivity contribution in [1.82, 2.24) is 4.90 Å². The van der Waals surface area contributed by atoms with Crippen molar-refractivity contribution in [2.24, 2.45) is 0 Å². The maximum absolute atomic E-state index is 14.5. The number of halogens is 1. The van der Waals surface area contributed by atoms with Crippen molar-refractivity contribution in [3.05, 3.63) is 35.1 Å². The van der Waals surface area contributed by atoms with Gasteiger partial charge in [-0.3, -0.25) is 0 Å². The van der Waals surface area contributed by atoms with Gasteiger partial charge in [-0.2, -0.15) is 0 Å². The van der Waals surface area contributed by atoms with E-state index in [0.717, 1.165) is 24.8 Å². The first kappa shape index (κ1) is 18.2. The molecule has 1 N–H and O–H groups in total. The fourth-order valence-corrected chi connectivity index (χ4v) is 4.26. The number of carbonyl (C=O) groups is 1. The highest BCUT2D eigenvalue weighted by Gasteiger charge is 2.49. The highest BCUT2D eigenvalue weighted by molar-refractivity contribution is 5.69. The van der Waals surface area contributed by atoms with E-state index in [1.54, 1.807) is 11.0 Å². The summed E-state index contributed by atoms with van der Waals surface area (Å²) in [6.07, 6.45) is 3.01. The lowest BCUT2D eigenvalue weighted by Crippen LogP contribution is -2.59. The van der Waals surface area contributed by atoms with Gasteiger partial charge in [0.15, 0.2) is 0 Å². The van der Waals surface area contributed by atoms with E-state index in [9.17, 15) is 14.3 Å². The summed E-state index contributed by atoms with van der Waals surface area (Å²) in [6.45, 7) is 7.38. The van der Waals surface area contributed by atoms with Crippen molar-refractivity contribution >= 4 is 6.09 Å². The number of hydrogen-bond donors (Lipinski definition) is 1. The normalized spacial score (nSPS) is 29.4. The van der Waals surface area contributed by atoms with Gasteiger partial charge in [0.1, 0.15) is 11.4 Å². The Bertz CT molecular complexity index is 653. The number of hydrogen-bond acceptors (Lipinski definition) is 3. The molecule has 2 heterocycles. The van der Waals surface area contributed by atoms with Gasteiger partial charge in [0.05, 0.1) is 5.60 Å². The quantitative estimate of drug-likeness (QED) is 0.823. The van der Waals surface area contributed by atoms with Crippen LogP contribution in [0.4, 0.5) is 9.18 Å². The van der Waals surface area contributed by atoms with E-state index in [-0.39, 0.29) is 24.0 Å². The van der Waals surface area contributed by atoms with Crippen molar-refractivity contribution in [3.63, 3.8) is 0 Å². The van der Waals surface area contributed by atoms with Crippen LogP contribution in [0.15, 0.2) is 18.2 Å². The second-order valence-corrected chi connectivity index (χ2v) is 8.55. The fourth-order valence-electron chi connectivity index (χ4n) is 4.26. The Morgan fingerprint density at radius 2 is 1.88 bits per heavy atom. The molecule has 2 bridgehead atoms. The minimum atomic E-state index is -1.23. The van der Waals surface area contributed by atoms with Gasteiger partial charge in [0.25, 0.3) is 0 Å². The number of fused-ring (bicyclic) bond motifs is 2. The van der Waals surface area contributed by atoms with E-state index in [1.807, 2.05) is 33.8 Å². The predicted octanol–water partition coefficient (Wildman–Crippen LogP) is 4.27. The van der Waals surface area contributed by atoms with Gasteiger partial charge in [0.2, 0.25) is 0 Å². The second-order valence-electron chi connectivity index (χ2n) is 8.55. The first-order valence-electron chi connectivity index (χ1n) is 9.09. The number of amides is 1. The summed E-state index contributed by atoms with van der Waals surface area (Å²) in [7, 11) is 0. The van der Waals surface area contributed by atoms with Crippen LogP contribution in [-0.2, 0) is 10.3 Å². The van der Waals surface area contributed by atoms with Crippen LogP contribution in [-0.4, -0.2) is 33.8 Å². The average Bonchev–Trinajstić information content (AvgIpc) is 2.43. The molecule has 25 heavy (non-hydrogen) atoms. The van der Waals surface area contributed by atoms with Crippen LogP contribution in [0.1, 0.15) is 64.0 Å². The molecule has 2 fully saturated rings. The molecule has 0 saturated carbocycles. The Hall–Kier alpha value is -1.62. The summed E-state index contributed by atoms with van der Waals surface area (Å²) in [4.78, 5) is 14.4. The lowest BCUT2D eigenvalue weighted by molar-refractivity contribution is -0.0978. The number of ether oxygens (including phenoxy) is 1. The summed E-state index contributed by atoms with van der Waals surface area (Å²) in [5, 5.41) is 11.2. The number of nitrogens with zero attached hydrogens (tertiary/aromatic N) is 1. The van der Waals surface area contributed by atoms with E-state index in [4.69, 9.17) is 4.74 Å². The molecular formula is C20H28FNO3. The standard InChI is InChI=1S/C20H28FNO3/c1-13-8-9-16(17(21)10-13)20(24)11-14-6-5-7-15(12-20)22(14)18(23)25-19(2,3)4/h8-10,14-15,24H,5-7,11-12H2,1-4H3. The zero-order valence-corrected chi connectivity index (χ0v) is 15.5. The largest absolute Gasteiger partial charge is 0.444 e. The van der Waals surface area contributed by atoms with E-state index >= 15 is 0 Å². The molecule has 1 aromatic carbocycles. The highest BCUT2D eigenvalue weighted by Crippen LogP contribution is 2.45. The summed E-state index contributed by atoms with van der Waals surface area (Å²) in [6, 6.07) is 4.74. The summed E-state index contributed by atoms with van der Waals surface area (Å²) in [5.41, 5.74) is -0.607. The van der Waals surface area contributed by atoms with Crippen LogP contribution in [0.25, 0.3) is 0 Å². The molecule has 2 atom stereocenters. The first-order valence-corrected chi connectivity index (χ1v) is 9.09. The summed E-state index contributed by atoms with van der Waals surface area (Å²) < 4.78 is 20.0. The lowest BCUT2D eigenvalue weighted by Gasteiger charge is -2.51. The highest BCUT2D eigenvalue weighted by atomic mass is 19.1. The molecule has 0 aliphatic carbocycles. The van der Waals surface area contributed by atoms with Gasteiger partial charge in [0, 0.05) is 30.5 Å². The fraction of sp³-hybridized carbons (Fsp3) is 0.650. The molecule has 1 amide bonds. The Balaban J connectivity index is 1.87. The molecule has 0 aromatic heterocycles. The van der Waals surface area contributed by atoms with Crippen LogP contribution >= 0.6 is 0 Å². The molecule has 138 valence electrons. The van der Waals surface area contributed by atoms with Crippen molar-refractivity contribution in [1.29, 1.82) is 0 Å². The number of benzene rings is 1. The van der Waals surface area contributed by atoms with Gasteiger partial charge in [-0.1, -0.05) is 12.1 Å². The Morgan fingerprint density at radius 3 is 2.40 bits per heavy atom. The number of aliphatic hydroxyl groups is 1. The van der Waals surface area contributed by atoms with Crippen molar-refractivity contribution in [2.75, 3.05) is 0 Å². The van der Waals surface area contributed by atoms with Crippen molar-refractivity contribution in [2.45, 2.75) is 83.1 Å². The molecule has 0 spiro atoms. The van der Waals surface area contributed by atoms with Crippen LogP contribution in [0.3, 0.4) is 0 Å². The Kier molecular flexibility index (Phi) is 4.56. The SMILES string of the molecule is Cc1ccc(C2(O)CC3CCCC(C2)N3C(=O)OC(C)(C)C)c(F)c1. The van der Waals surface area contributed by atoms with Crippen LogP contribution in [0.2, 0.25) is 0 Å². The molecule has 0 radical (unpaired) electrons. The molecular weight excluding hydrogens is 321 g/mol. The zero-order chi connectivity index (χ0) is 18.4. The van der Waals surface area contributed by atoms with Gasteiger partial charge in [-0.05, 0) is 58.6 Å². The number of carbonyl (C=O) groups excluding carboxylic acids is 1. The molecule has 5 heteroatoms. The first-order chi connectivity index (χ1) is 11.6. The molecule has 2 unspecified atom stereocenters. The van der Waals surface area contributed by atoms with E-state index in [2.05, 4.69) is 0 Å². The molecule has 1 aromatic rings. The minimum Gasteiger partial charge on any atom is -0.444 e. The average molecular weight is 349 g/mol. The van der Waals surface area contributed by atoms with Gasteiger partial charge in [-0.25, -0.2) is 9.18 Å². The Labute approximate surface area is 149 Å². The number of rotatable bonds is 1. The minimum absolute atomic E-state index is 0.118. The van der Waals surface area contributed by atoms with Crippen LogP contribution < -0.4 is 0 Å². The second kappa shape index (κ2) is 6.27. The predicted molar refractivity (Wildman–Crippen MR) is 93.8 cm³/mol. The Morgan fingerprint density at radius 1 is 1.28 bits per heavy atom. The lowest BCUT2D eigenvalue weighted by atomic mass is 9.72. The topological polar surface area (TPSA) is 49.8 Å². The number of aryl methyl sites for hydroxylation is 1. The molecule has 2 aliphatic rings. The zero-order valence-electron chi connectivity index (χ0n) is 15.5. The molecule has 2 saturated heterocycles. The van der Waals surface area contributed by atoms with Gasteiger partial charge in [-0.15, -0.1) is 0 Å². The summed E-state index contributed by atoms with van der Waals surface area (Å²) >= 11 is 0. The maximum Gasteiger partial charge on any atom is 0.410 e. The smallest absolute Gasteiger partial charge is 0.410 e. The van der Waals surface area contributed by atoms with E-state index < -0.39 is 11.2 Å². The number of piperidine rings is 2. The maximum atomic E-state index is 14.5. The molecule has 4 nitrogen and oxygen atoms in total. The monoisotopic (exact) mass is 349 g/mol. The van der Waals surface area contributed by atoms with Crippen LogP contribution in [0, 0.1) is 12.7 Å². The molecule has 3 rings (SSSR count). The van der Waals surface area contributed by atoms with E-state index in [0.29, 0.717) is 18.4 Å². The molecule has 2 aliphatic heterocycles.